The lowest BCUT2D eigenvalue weighted by molar-refractivity contribution is -0.123. The molecule has 0 fully saturated rings. The molecular weight excluding hydrogens is 352 g/mol. The molecule has 2 N–H and O–H groups in total. The van der Waals surface area contributed by atoms with Gasteiger partial charge in [0, 0.05) is 10.9 Å². The predicted octanol–water partition coefficient (Wildman–Crippen LogP) is 3.70. The van der Waals surface area contributed by atoms with E-state index in [4.69, 9.17) is 4.74 Å². The largest absolute Gasteiger partial charge is 0.508 e. The molecule has 1 amide bonds. The van der Waals surface area contributed by atoms with Crippen molar-refractivity contribution in [1.29, 1.82) is 0 Å². The van der Waals surface area contributed by atoms with Gasteiger partial charge in [-0.05, 0) is 31.2 Å². The predicted molar refractivity (Wildman–Crippen MR) is 99.2 cm³/mol. The molecule has 132 valence electrons. The number of nitrogens with zero attached hydrogens (tertiary/aromatic N) is 1. The van der Waals surface area contributed by atoms with Crippen LogP contribution in [-0.4, -0.2) is 28.1 Å². The summed E-state index contributed by atoms with van der Waals surface area (Å²) in [7, 11) is 0. The normalized spacial score (nSPS) is 11.6. The number of aromatic hydroxyl groups is 1. The van der Waals surface area contributed by atoms with Crippen molar-refractivity contribution >= 4 is 28.3 Å². The van der Waals surface area contributed by atoms with Gasteiger partial charge in [-0.1, -0.05) is 30.3 Å². The smallest absolute Gasteiger partial charge is 0.338 e. The Morgan fingerprint density at radius 3 is 2.50 bits per heavy atom. The van der Waals surface area contributed by atoms with Gasteiger partial charge < -0.3 is 9.84 Å². The summed E-state index contributed by atoms with van der Waals surface area (Å²) < 4.78 is 5.15. The first-order valence-corrected chi connectivity index (χ1v) is 8.73. The number of phenols is 1. The molecule has 0 aliphatic rings. The molecule has 1 heterocycles. The molecular formula is C19H16N2O4S. The molecule has 0 bridgehead atoms. The Hall–Kier alpha value is -3.19. The molecule has 26 heavy (non-hydrogen) atoms. The number of nitrogens with one attached hydrogen (secondary N) is 1. The number of carbonyl (C=O) groups excluding carboxylic acids is 2. The monoisotopic (exact) mass is 368 g/mol. The van der Waals surface area contributed by atoms with Crippen LogP contribution in [0.15, 0.2) is 60.0 Å². The lowest BCUT2D eigenvalue weighted by Crippen LogP contribution is -2.29. The van der Waals surface area contributed by atoms with E-state index in [9.17, 15) is 14.7 Å². The van der Waals surface area contributed by atoms with Crippen LogP contribution < -0.4 is 5.32 Å². The molecule has 0 aliphatic heterocycles. The van der Waals surface area contributed by atoms with E-state index in [1.54, 1.807) is 0 Å². The van der Waals surface area contributed by atoms with Crippen LogP contribution in [0.4, 0.5) is 5.13 Å². The summed E-state index contributed by atoms with van der Waals surface area (Å²) in [5.41, 5.74) is 1.97. The lowest BCUT2D eigenvalue weighted by Gasteiger charge is -2.12. The Morgan fingerprint density at radius 1 is 1.12 bits per heavy atom. The fourth-order valence-corrected chi connectivity index (χ4v) is 2.88. The van der Waals surface area contributed by atoms with Crippen LogP contribution in [0.2, 0.25) is 0 Å². The molecule has 2 aromatic carbocycles. The van der Waals surface area contributed by atoms with Crippen molar-refractivity contribution in [3.05, 3.63) is 65.5 Å². The van der Waals surface area contributed by atoms with Gasteiger partial charge in [0.25, 0.3) is 5.91 Å². The molecule has 7 heteroatoms. The number of carbonyl (C=O) groups is 2. The van der Waals surface area contributed by atoms with Crippen LogP contribution in [0.3, 0.4) is 0 Å². The highest BCUT2D eigenvalue weighted by Gasteiger charge is 2.20. The van der Waals surface area contributed by atoms with E-state index in [2.05, 4.69) is 10.3 Å². The van der Waals surface area contributed by atoms with Crippen LogP contribution in [0.5, 0.6) is 5.75 Å². The minimum absolute atomic E-state index is 0.0466. The zero-order valence-electron chi connectivity index (χ0n) is 13.9. The van der Waals surface area contributed by atoms with E-state index < -0.39 is 18.0 Å². The third-order valence-corrected chi connectivity index (χ3v) is 4.32. The summed E-state index contributed by atoms with van der Waals surface area (Å²) in [4.78, 5) is 28.6. The van der Waals surface area contributed by atoms with Gasteiger partial charge in [0.1, 0.15) is 5.75 Å². The average Bonchev–Trinajstić information content (AvgIpc) is 3.11. The third-order valence-electron chi connectivity index (χ3n) is 3.56. The Kier molecular flexibility index (Phi) is 5.28. The summed E-state index contributed by atoms with van der Waals surface area (Å²) in [5.74, 6) is -1.06. The van der Waals surface area contributed by atoms with Crippen LogP contribution in [0.25, 0.3) is 11.3 Å². The number of rotatable bonds is 5. The number of hydrogen-bond acceptors (Lipinski definition) is 6. The van der Waals surface area contributed by atoms with Crippen LogP contribution >= 0.6 is 11.3 Å². The second kappa shape index (κ2) is 7.79. The number of ether oxygens (including phenoxy) is 1. The second-order valence-corrected chi connectivity index (χ2v) is 6.35. The second-order valence-electron chi connectivity index (χ2n) is 5.49. The standard InChI is InChI=1S/C19H16N2O4S/c1-12(25-18(24)14-7-9-15(22)10-8-14)17(23)21-19-20-16(11-26-19)13-5-3-2-4-6-13/h2-12,22H,1H3,(H,20,21,23)/t12-/m0/s1. The number of thiazole rings is 1. The molecule has 3 rings (SSSR count). The number of anilines is 1. The van der Waals surface area contributed by atoms with Crippen LogP contribution in [0, 0.1) is 0 Å². The molecule has 0 aliphatic carbocycles. The van der Waals surface area contributed by atoms with Crippen molar-refractivity contribution < 1.29 is 19.4 Å². The van der Waals surface area contributed by atoms with Gasteiger partial charge in [-0.15, -0.1) is 11.3 Å². The molecule has 0 radical (unpaired) electrons. The lowest BCUT2D eigenvalue weighted by atomic mass is 10.2. The van der Waals surface area contributed by atoms with Gasteiger partial charge >= 0.3 is 5.97 Å². The molecule has 0 saturated carbocycles. The highest BCUT2D eigenvalue weighted by molar-refractivity contribution is 7.14. The van der Waals surface area contributed by atoms with Crippen molar-refractivity contribution in [2.24, 2.45) is 0 Å². The van der Waals surface area contributed by atoms with Crippen molar-refractivity contribution in [3.8, 4) is 17.0 Å². The number of aromatic nitrogens is 1. The molecule has 3 aromatic rings. The molecule has 1 aromatic heterocycles. The fourth-order valence-electron chi connectivity index (χ4n) is 2.16. The van der Waals surface area contributed by atoms with E-state index in [1.807, 2.05) is 35.7 Å². The average molecular weight is 368 g/mol. The zero-order chi connectivity index (χ0) is 18.5. The zero-order valence-corrected chi connectivity index (χ0v) is 14.7. The number of esters is 1. The Balaban J connectivity index is 1.60. The van der Waals surface area contributed by atoms with E-state index in [0.29, 0.717) is 5.13 Å². The van der Waals surface area contributed by atoms with E-state index >= 15 is 0 Å². The summed E-state index contributed by atoms with van der Waals surface area (Å²) in [5, 5.41) is 14.2. The van der Waals surface area contributed by atoms with E-state index in [0.717, 1.165) is 11.3 Å². The number of amides is 1. The molecule has 0 unspecified atom stereocenters. The van der Waals surface area contributed by atoms with Gasteiger partial charge in [-0.3, -0.25) is 10.1 Å². The quantitative estimate of drug-likeness (QED) is 0.671. The van der Waals surface area contributed by atoms with Gasteiger partial charge in [0.05, 0.1) is 11.3 Å². The SMILES string of the molecule is C[C@H](OC(=O)c1ccc(O)cc1)C(=O)Nc1nc(-c2ccccc2)cs1. The number of phenolic OH excluding ortho intramolecular Hbond substituents is 1. The van der Waals surface area contributed by atoms with Gasteiger partial charge in [0.2, 0.25) is 0 Å². The van der Waals surface area contributed by atoms with Crippen molar-refractivity contribution in [1.82, 2.24) is 4.98 Å². The summed E-state index contributed by atoms with van der Waals surface area (Å²) in [6, 6.07) is 15.2. The first-order chi connectivity index (χ1) is 12.5. The number of benzene rings is 2. The minimum Gasteiger partial charge on any atom is -0.508 e. The maximum Gasteiger partial charge on any atom is 0.338 e. The fraction of sp³-hybridized carbons (Fsp3) is 0.105. The maximum absolute atomic E-state index is 12.2. The molecule has 1 atom stereocenters. The summed E-state index contributed by atoms with van der Waals surface area (Å²) in [6.45, 7) is 1.49. The Morgan fingerprint density at radius 2 is 1.81 bits per heavy atom. The van der Waals surface area contributed by atoms with Crippen molar-refractivity contribution in [2.45, 2.75) is 13.0 Å². The topological polar surface area (TPSA) is 88.5 Å². The molecule has 6 nitrogen and oxygen atoms in total. The van der Waals surface area contributed by atoms with Crippen LogP contribution in [-0.2, 0) is 9.53 Å². The Bertz CT molecular complexity index is 907. The first kappa shape index (κ1) is 17.6. The minimum atomic E-state index is -0.986. The highest BCUT2D eigenvalue weighted by Crippen LogP contribution is 2.24. The van der Waals surface area contributed by atoms with Gasteiger partial charge in [-0.2, -0.15) is 0 Å². The summed E-state index contributed by atoms with van der Waals surface area (Å²) >= 11 is 1.30. The first-order valence-electron chi connectivity index (χ1n) is 7.85. The number of hydrogen-bond donors (Lipinski definition) is 2. The van der Waals surface area contributed by atoms with Gasteiger partial charge in [-0.25, -0.2) is 9.78 Å². The van der Waals surface area contributed by atoms with Crippen molar-refractivity contribution in [2.75, 3.05) is 5.32 Å². The van der Waals surface area contributed by atoms with Gasteiger partial charge in [0.15, 0.2) is 11.2 Å². The van der Waals surface area contributed by atoms with Crippen LogP contribution in [0.1, 0.15) is 17.3 Å². The van der Waals surface area contributed by atoms with E-state index in [1.165, 1.54) is 42.5 Å². The van der Waals surface area contributed by atoms with Crippen molar-refractivity contribution in [3.63, 3.8) is 0 Å². The molecule has 0 spiro atoms. The molecule has 0 saturated heterocycles. The third kappa shape index (κ3) is 4.25. The maximum atomic E-state index is 12.2. The Labute approximate surface area is 154 Å². The highest BCUT2D eigenvalue weighted by atomic mass is 32.1. The van der Waals surface area contributed by atoms with E-state index in [-0.39, 0.29) is 11.3 Å². The summed E-state index contributed by atoms with van der Waals surface area (Å²) in [6.07, 6.45) is -0.986.